The van der Waals surface area contributed by atoms with Gasteiger partial charge in [-0.15, -0.1) is 0 Å². The minimum absolute atomic E-state index is 0.301. The second-order valence-electron chi connectivity index (χ2n) is 7.90. The molecule has 0 bridgehead atoms. The van der Waals surface area contributed by atoms with Crippen molar-refractivity contribution in [1.29, 1.82) is 0 Å². The lowest BCUT2D eigenvalue weighted by Gasteiger charge is -2.16. The van der Waals surface area contributed by atoms with Crippen molar-refractivity contribution < 1.29 is 9.59 Å². The van der Waals surface area contributed by atoms with Gasteiger partial charge in [0.2, 0.25) is 0 Å². The average Bonchev–Trinajstić information content (AvgIpc) is 2.92. The lowest BCUT2D eigenvalue weighted by Crippen LogP contribution is -2.32. The van der Waals surface area contributed by atoms with Crippen LogP contribution in [-0.2, 0) is 9.59 Å². The Bertz CT molecular complexity index is 1170. The number of aryl methyl sites for hydroxylation is 4. The summed E-state index contributed by atoms with van der Waals surface area (Å²) >= 11 is 0. The van der Waals surface area contributed by atoms with Gasteiger partial charge in [-0.25, -0.2) is 4.90 Å². The van der Waals surface area contributed by atoms with Gasteiger partial charge in [0.1, 0.15) is 5.70 Å². The Kier molecular flexibility index (Phi) is 5.00. The normalized spacial score (nSPS) is 13.9. The molecule has 2 amide bonds. The molecule has 1 N–H and O–H groups in total. The molecule has 0 aliphatic carbocycles. The van der Waals surface area contributed by atoms with Crippen LogP contribution in [0, 0.1) is 27.7 Å². The monoisotopic (exact) mass is 396 g/mol. The first-order valence-corrected chi connectivity index (χ1v) is 9.95. The Morgan fingerprint density at radius 2 is 1.33 bits per heavy atom. The maximum Gasteiger partial charge on any atom is 0.282 e. The molecule has 0 radical (unpaired) electrons. The quantitative estimate of drug-likeness (QED) is 0.608. The number of hydrogen-bond acceptors (Lipinski definition) is 3. The van der Waals surface area contributed by atoms with Crippen LogP contribution in [0.15, 0.2) is 72.4 Å². The zero-order chi connectivity index (χ0) is 21.4. The fourth-order valence-corrected chi connectivity index (χ4v) is 3.83. The number of nitrogens with zero attached hydrogens (tertiary/aromatic N) is 1. The van der Waals surface area contributed by atoms with E-state index in [0.717, 1.165) is 33.5 Å². The molecule has 0 atom stereocenters. The van der Waals surface area contributed by atoms with Crippen LogP contribution >= 0.6 is 0 Å². The Hall–Kier alpha value is -3.66. The fraction of sp³-hybridized carbons (Fsp3) is 0.154. The third-order valence-corrected chi connectivity index (χ3v) is 5.18. The van der Waals surface area contributed by atoms with Gasteiger partial charge in [0.25, 0.3) is 11.8 Å². The zero-order valence-electron chi connectivity index (χ0n) is 17.6. The SMILES string of the molecule is Cc1ccc(C2=C(Nc3cc(C)cc(C)c3)C(=O)N(c3cccc(C)c3)C2=O)cc1. The van der Waals surface area contributed by atoms with Crippen LogP contribution in [0.1, 0.15) is 27.8 Å². The number of imide groups is 1. The van der Waals surface area contributed by atoms with Crippen molar-refractivity contribution in [2.75, 3.05) is 10.2 Å². The topological polar surface area (TPSA) is 49.4 Å². The number of carbonyl (C=O) groups excluding carboxylic acids is 2. The first-order chi connectivity index (χ1) is 14.3. The largest absolute Gasteiger partial charge is 0.350 e. The van der Waals surface area contributed by atoms with E-state index in [1.165, 1.54) is 4.90 Å². The number of hydrogen-bond donors (Lipinski definition) is 1. The number of carbonyl (C=O) groups is 2. The fourth-order valence-electron chi connectivity index (χ4n) is 3.83. The Balaban J connectivity index is 1.84. The third-order valence-electron chi connectivity index (χ3n) is 5.18. The highest BCUT2D eigenvalue weighted by Gasteiger charge is 2.40. The Labute approximate surface area is 176 Å². The summed E-state index contributed by atoms with van der Waals surface area (Å²) in [6, 6.07) is 21.1. The van der Waals surface area contributed by atoms with E-state index in [2.05, 4.69) is 11.4 Å². The smallest absolute Gasteiger partial charge is 0.282 e. The summed E-state index contributed by atoms with van der Waals surface area (Å²) in [5, 5.41) is 3.25. The van der Waals surface area contributed by atoms with Crippen molar-refractivity contribution in [2.45, 2.75) is 27.7 Å². The molecule has 0 spiro atoms. The van der Waals surface area contributed by atoms with Crippen LogP contribution in [0.3, 0.4) is 0 Å². The minimum atomic E-state index is -0.347. The van der Waals surface area contributed by atoms with Crippen LogP contribution < -0.4 is 10.2 Å². The molecule has 0 saturated heterocycles. The first kappa shape index (κ1) is 19.6. The Morgan fingerprint density at radius 3 is 1.97 bits per heavy atom. The van der Waals surface area contributed by atoms with Crippen molar-refractivity contribution in [3.8, 4) is 0 Å². The summed E-state index contributed by atoms with van der Waals surface area (Å²) in [6.07, 6.45) is 0. The van der Waals surface area contributed by atoms with Gasteiger partial charge >= 0.3 is 0 Å². The second kappa shape index (κ2) is 7.64. The molecule has 30 heavy (non-hydrogen) atoms. The number of anilines is 2. The molecule has 4 nitrogen and oxygen atoms in total. The molecule has 150 valence electrons. The molecular formula is C26H24N2O2. The van der Waals surface area contributed by atoms with Crippen molar-refractivity contribution in [1.82, 2.24) is 0 Å². The average molecular weight is 396 g/mol. The number of nitrogens with one attached hydrogen (secondary N) is 1. The predicted molar refractivity (Wildman–Crippen MR) is 121 cm³/mol. The van der Waals surface area contributed by atoms with E-state index in [1.807, 2.05) is 82.3 Å². The van der Waals surface area contributed by atoms with E-state index in [9.17, 15) is 9.59 Å². The molecule has 1 aliphatic rings. The van der Waals surface area contributed by atoms with E-state index < -0.39 is 0 Å². The summed E-state index contributed by atoms with van der Waals surface area (Å²) in [6.45, 7) is 7.95. The molecule has 4 rings (SSSR count). The molecule has 0 unspecified atom stereocenters. The van der Waals surface area contributed by atoms with E-state index in [4.69, 9.17) is 0 Å². The molecule has 4 heteroatoms. The minimum Gasteiger partial charge on any atom is -0.350 e. The van der Waals surface area contributed by atoms with E-state index in [1.54, 1.807) is 6.07 Å². The number of amides is 2. The molecule has 0 fully saturated rings. The van der Waals surface area contributed by atoms with Crippen LogP contribution in [0.25, 0.3) is 5.57 Å². The predicted octanol–water partition coefficient (Wildman–Crippen LogP) is 5.32. The summed E-state index contributed by atoms with van der Waals surface area (Å²) in [5.41, 5.74) is 7.03. The van der Waals surface area contributed by atoms with Gasteiger partial charge in [-0.3, -0.25) is 9.59 Å². The standard InChI is InChI=1S/C26H24N2O2/c1-16-8-10-20(11-9-16)23-24(27-21-13-18(3)12-19(4)14-21)26(30)28(25(23)29)22-7-5-6-17(2)15-22/h5-15,27H,1-4H3. The molecule has 1 heterocycles. The van der Waals surface area contributed by atoms with Gasteiger partial charge in [-0.1, -0.05) is 48.0 Å². The van der Waals surface area contributed by atoms with Gasteiger partial charge in [-0.05, 0) is 74.2 Å². The van der Waals surface area contributed by atoms with Gasteiger partial charge < -0.3 is 5.32 Å². The molecular weight excluding hydrogens is 372 g/mol. The summed E-state index contributed by atoms with van der Waals surface area (Å²) in [5.74, 6) is -0.665. The maximum absolute atomic E-state index is 13.5. The molecule has 0 aromatic heterocycles. The van der Waals surface area contributed by atoms with Crippen LogP contribution in [0.5, 0.6) is 0 Å². The lowest BCUT2D eigenvalue weighted by atomic mass is 10.0. The van der Waals surface area contributed by atoms with Gasteiger partial charge in [0.15, 0.2) is 0 Å². The number of benzene rings is 3. The Morgan fingerprint density at radius 1 is 0.667 bits per heavy atom. The van der Waals surface area contributed by atoms with E-state index >= 15 is 0 Å². The van der Waals surface area contributed by atoms with Crippen LogP contribution in [0.4, 0.5) is 11.4 Å². The zero-order valence-corrected chi connectivity index (χ0v) is 17.6. The highest BCUT2D eigenvalue weighted by molar-refractivity contribution is 6.46. The highest BCUT2D eigenvalue weighted by atomic mass is 16.2. The summed E-state index contributed by atoms with van der Waals surface area (Å²) in [7, 11) is 0. The van der Waals surface area contributed by atoms with Gasteiger partial charge in [0, 0.05) is 5.69 Å². The molecule has 0 saturated carbocycles. The summed E-state index contributed by atoms with van der Waals surface area (Å²) in [4.78, 5) is 28.1. The van der Waals surface area contributed by atoms with Crippen LogP contribution in [0.2, 0.25) is 0 Å². The number of rotatable bonds is 4. The molecule has 3 aromatic carbocycles. The van der Waals surface area contributed by atoms with Crippen LogP contribution in [-0.4, -0.2) is 11.8 Å². The van der Waals surface area contributed by atoms with E-state index in [-0.39, 0.29) is 11.8 Å². The van der Waals surface area contributed by atoms with Crippen molar-refractivity contribution in [3.05, 3.63) is 100 Å². The van der Waals surface area contributed by atoms with E-state index in [0.29, 0.717) is 17.0 Å². The van der Waals surface area contributed by atoms with Crippen molar-refractivity contribution >= 4 is 28.8 Å². The van der Waals surface area contributed by atoms with Gasteiger partial charge in [0.05, 0.1) is 11.3 Å². The highest BCUT2D eigenvalue weighted by Crippen LogP contribution is 2.34. The first-order valence-electron chi connectivity index (χ1n) is 9.95. The maximum atomic E-state index is 13.5. The van der Waals surface area contributed by atoms with Gasteiger partial charge in [-0.2, -0.15) is 0 Å². The third kappa shape index (κ3) is 3.64. The second-order valence-corrected chi connectivity index (χ2v) is 7.90. The molecule has 3 aromatic rings. The van der Waals surface area contributed by atoms with Crippen molar-refractivity contribution in [3.63, 3.8) is 0 Å². The van der Waals surface area contributed by atoms with Crippen molar-refractivity contribution in [2.24, 2.45) is 0 Å². The lowest BCUT2D eigenvalue weighted by molar-refractivity contribution is -0.120. The molecule has 1 aliphatic heterocycles. The summed E-state index contributed by atoms with van der Waals surface area (Å²) < 4.78 is 0.